The summed E-state index contributed by atoms with van der Waals surface area (Å²) in [5.74, 6) is 0. The lowest BCUT2D eigenvalue weighted by atomic mass is 10.1. The first-order valence-electron chi connectivity index (χ1n) is 5.29. The van der Waals surface area contributed by atoms with Crippen molar-refractivity contribution in [3.8, 4) is 0 Å². The van der Waals surface area contributed by atoms with Crippen molar-refractivity contribution >= 4 is 15.7 Å². The van der Waals surface area contributed by atoms with Crippen LogP contribution in [0.2, 0.25) is 0 Å². The normalized spacial score (nSPS) is 13.2. The summed E-state index contributed by atoms with van der Waals surface area (Å²) in [6.07, 6.45) is 2.20. The Morgan fingerprint density at radius 3 is 2.50 bits per heavy atom. The third-order valence-electron chi connectivity index (χ3n) is 2.42. The lowest BCUT2D eigenvalue weighted by Crippen LogP contribution is -2.12. The van der Waals surface area contributed by atoms with Crippen LogP contribution in [0.15, 0.2) is 41.6 Å². The van der Waals surface area contributed by atoms with Crippen molar-refractivity contribution < 1.29 is 13.5 Å². The Bertz CT molecular complexity index is 603. The van der Waals surface area contributed by atoms with Crippen molar-refractivity contribution in [3.05, 3.63) is 42.2 Å². The number of aromatic nitrogens is 2. The van der Waals surface area contributed by atoms with E-state index in [9.17, 15) is 13.5 Å². The molecule has 1 aromatic carbocycles. The van der Waals surface area contributed by atoms with Gasteiger partial charge in [-0.15, -0.1) is 0 Å². The van der Waals surface area contributed by atoms with E-state index in [1.165, 1.54) is 24.5 Å². The van der Waals surface area contributed by atoms with Crippen molar-refractivity contribution in [2.45, 2.75) is 17.9 Å². The first-order chi connectivity index (χ1) is 8.49. The number of nitrogens with zero attached hydrogens (tertiary/aromatic N) is 1. The molecule has 1 unspecified atom stereocenters. The molecular formula is C11H13N3O3S. The van der Waals surface area contributed by atoms with Crippen molar-refractivity contribution in [1.82, 2.24) is 10.2 Å². The molecule has 2 aromatic rings. The highest BCUT2D eigenvalue weighted by Crippen LogP contribution is 2.18. The van der Waals surface area contributed by atoms with Crippen LogP contribution in [-0.4, -0.2) is 23.7 Å². The largest absolute Gasteiger partial charge is 0.389 e. The van der Waals surface area contributed by atoms with E-state index in [0.717, 1.165) is 0 Å². The molecule has 0 spiro atoms. The molecule has 0 saturated carbocycles. The van der Waals surface area contributed by atoms with Crippen LogP contribution >= 0.6 is 0 Å². The van der Waals surface area contributed by atoms with Gasteiger partial charge in [-0.1, -0.05) is 12.1 Å². The van der Waals surface area contributed by atoms with Gasteiger partial charge in [0.25, 0.3) is 10.0 Å². The molecule has 7 heteroatoms. The number of aromatic amines is 1. The highest BCUT2D eigenvalue weighted by atomic mass is 32.2. The zero-order valence-corrected chi connectivity index (χ0v) is 10.5. The van der Waals surface area contributed by atoms with Crippen molar-refractivity contribution in [2.75, 3.05) is 4.72 Å². The third-order valence-corrected chi connectivity index (χ3v) is 3.82. The fourth-order valence-corrected chi connectivity index (χ4v) is 2.48. The van der Waals surface area contributed by atoms with Gasteiger partial charge in [0.05, 0.1) is 22.9 Å². The van der Waals surface area contributed by atoms with Crippen LogP contribution in [0.5, 0.6) is 0 Å². The molecular weight excluding hydrogens is 254 g/mol. The van der Waals surface area contributed by atoms with Gasteiger partial charge in [0.1, 0.15) is 0 Å². The molecule has 0 bridgehead atoms. The van der Waals surface area contributed by atoms with Crippen LogP contribution in [-0.2, 0) is 10.0 Å². The van der Waals surface area contributed by atoms with Crippen LogP contribution in [0.4, 0.5) is 5.69 Å². The second kappa shape index (κ2) is 4.79. The second-order valence-electron chi connectivity index (χ2n) is 3.84. The van der Waals surface area contributed by atoms with Crippen LogP contribution in [0.25, 0.3) is 0 Å². The van der Waals surface area contributed by atoms with E-state index >= 15 is 0 Å². The predicted octanol–water partition coefficient (Wildman–Crippen LogP) is 1.26. The van der Waals surface area contributed by atoms with E-state index in [1.807, 2.05) is 0 Å². The number of anilines is 1. The summed E-state index contributed by atoms with van der Waals surface area (Å²) in [5, 5.41) is 15.5. The molecule has 1 aromatic heterocycles. The molecule has 96 valence electrons. The van der Waals surface area contributed by atoms with Crippen LogP contribution in [0.3, 0.4) is 0 Å². The summed E-state index contributed by atoms with van der Waals surface area (Å²) in [4.78, 5) is 0.133. The number of hydrogen-bond acceptors (Lipinski definition) is 4. The van der Waals surface area contributed by atoms with E-state index < -0.39 is 16.1 Å². The standard InChI is InChI=1S/C11H13N3O3S/c1-8(15)9-2-4-11(5-3-9)18(16,17)14-10-6-12-13-7-10/h2-8,14-15H,1H3,(H,12,13). The summed E-state index contributed by atoms with van der Waals surface area (Å²) >= 11 is 0. The van der Waals surface area contributed by atoms with Gasteiger partial charge in [0.15, 0.2) is 0 Å². The minimum atomic E-state index is -3.62. The number of aliphatic hydroxyl groups is 1. The molecule has 18 heavy (non-hydrogen) atoms. The Morgan fingerprint density at radius 2 is 2.00 bits per heavy atom. The summed E-state index contributed by atoms with van der Waals surface area (Å²) in [7, 11) is -3.62. The van der Waals surface area contributed by atoms with Gasteiger partial charge in [0.2, 0.25) is 0 Å². The Labute approximate surface area is 105 Å². The van der Waals surface area contributed by atoms with Gasteiger partial charge in [-0.2, -0.15) is 5.10 Å². The Balaban J connectivity index is 2.25. The maximum absolute atomic E-state index is 12.0. The smallest absolute Gasteiger partial charge is 0.261 e. The number of benzene rings is 1. The molecule has 6 nitrogen and oxygen atoms in total. The van der Waals surface area contributed by atoms with Gasteiger partial charge < -0.3 is 5.11 Å². The fraction of sp³-hybridized carbons (Fsp3) is 0.182. The van der Waals surface area contributed by atoms with Crippen LogP contribution in [0, 0.1) is 0 Å². The average Bonchev–Trinajstić information content (AvgIpc) is 2.81. The van der Waals surface area contributed by atoms with E-state index in [0.29, 0.717) is 11.3 Å². The quantitative estimate of drug-likeness (QED) is 0.777. The van der Waals surface area contributed by atoms with Gasteiger partial charge in [-0.05, 0) is 24.6 Å². The van der Waals surface area contributed by atoms with Crippen molar-refractivity contribution in [3.63, 3.8) is 0 Å². The van der Waals surface area contributed by atoms with Crippen LogP contribution in [0.1, 0.15) is 18.6 Å². The molecule has 0 aliphatic carbocycles. The number of rotatable bonds is 4. The fourth-order valence-electron chi connectivity index (χ4n) is 1.45. The molecule has 0 saturated heterocycles. The molecule has 3 N–H and O–H groups in total. The molecule has 0 radical (unpaired) electrons. The topological polar surface area (TPSA) is 95.1 Å². The molecule has 2 rings (SSSR count). The molecule has 0 aliphatic rings. The summed E-state index contributed by atoms with van der Waals surface area (Å²) in [5.41, 5.74) is 1.03. The molecule has 0 aliphatic heterocycles. The zero-order valence-electron chi connectivity index (χ0n) is 9.66. The maximum Gasteiger partial charge on any atom is 0.261 e. The maximum atomic E-state index is 12.0. The summed E-state index contributed by atoms with van der Waals surface area (Å²) < 4.78 is 26.3. The van der Waals surface area contributed by atoms with Crippen molar-refractivity contribution in [2.24, 2.45) is 0 Å². The van der Waals surface area contributed by atoms with Gasteiger partial charge in [-0.3, -0.25) is 9.82 Å². The first kappa shape index (κ1) is 12.6. The van der Waals surface area contributed by atoms with Gasteiger partial charge in [0, 0.05) is 6.20 Å². The van der Waals surface area contributed by atoms with Crippen molar-refractivity contribution in [1.29, 1.82) is 0 Å². The average molecular weight is 267 g/mol. The second-order valence-corrected chi connectivity index (χ2v) is 5.52. The highest BCUT2D eigenvalue weighted by Gasteiger charge is 2.14. The predicted molar refractivity (Wildman–Crippen MR) is 66.5 cm³/mol. The minimum absolute atomic E-state index is 0.133. The molecule has 1 atom stereocenters. The molecule has 0 fully saturated rings. The van der Waals surface area contributed by atoms with E-state index in [4.69, 9.17) is 0 Å². The third kappa shape index (κ3) is 2.69. The number of nitrogens with one attached hydrogen (secondary N) is 2. The number of sulfonamides is 1. The van der Waals surface area contributed by atoms with Gasteiger partial charge in [-0.25, -0.2) is 8.42 Å². The number of aliphatic hydroxyl groups excluding tert-OH is 1. The monoisotopic (exact) mass is 267 g/mol. The summed E-state index contributed by atoms with van der Waals surface area (Å²) in [6.45, 7) is 1.62. The Kier molecular flexibility index (Phi) is 3.35. The zero-order chi connectivity index (χ0) is 13.2. The minimum Gasteiger partial charge on any atom is -0.389 e. The Morgan fingerprint density at radius 1 is 1.33 bits per heavy atom. The lowest BCUT2D eigenvalue weighted by molar-refractivity contribution is 0.199. The molecule has 1 heterocycles. The number of H-pyrrole nitrogens is 1. The van der Waals surface area contributed by atoms with Crippen LogP contribution < -0.4 is 4.72 Å². The van der Waals surface area contributed by atoms with E-state index in [2.05, 4.69) is 14.9 Å². The molecule has 0 amide bonds. The van der Waals surface area contributed by atoms with Gasteiger partial charge >= 0.3 is 0 Å². The highest BCUT2D eigenvalue weighted by molar-refractivity contribution is 7.92. The van der Waals surface area contributed by atoms with E-state index in [-0.39, 0.29) is 4.90 Å². The SMILES string of the molecule is CC(O)c1ccc(S(=O)(=O)Nc2cn[nH]c2)cc1. The number of hydrogen-bond donors (Lipinski definition) is 3. The Hall–Kier alpha value is -1.86. The lowest BCUT2D eigenvalue weighted by Gasteiger charge is -2.08. The summed E-state index contributed by atoms with van der Waals surface area (Å²) in [6, 6.07) is 6.05. The first-order valence-corrected chi connectivity index (χ1v) is 6.77. The van der Waals surface area contributed by atoms with E-state index in [1.54, 1.807) is 19.1 Å².